The summed E-state index contributed by atoms with van der Waals surface area (Å²) in [7, 11) is -1.20. The highest BCUT2D eigenvalue weighted by Crippen LogP contribution is 2.22. The molecule has 23 heavy (non-hydrogen) atoms. The molecule has 1 fully saturated rings. The third-order valence-corrected chi connectivity index (χ3v) is 5.45. The molecule has 1 aliphatic rings. The largest absolute Gasteiger partial charge is 0.333 e. The standard InChI is InChI=1S/C15H21N5O2S/c1-19-7-5-17-15(19)14-10-16-9-13(18-14)8-12-4-3-6-20(11-12)23(2,21)22/h5,7,9-10,12H,3-4,6,8,11H2,1-2H3/t12-/m1/s1. The molecule has 1 saturated heterocycles. The van der Waals surface area contributed by atoms with Crippen LogP contribution in [0.25, 0.3) is 11.5 Å². The molecule has 0 unspecified atom stereocenters. The summed E-state index contributed by atoms with van der Waals surface area (Å²) in [6, 6.07) is 0. The maximum atomic E-state index is 11.7. The van der Waals surface area contributed by atoms with E-state index < -0.39 is 10.0 Å². The first-order chi connectivity index (χ1) is 10.9. The van der Waals surface area contributed by atoms with Crippen LogP contribution in [0, 0.1) is 5.92 Å². The SMILES string of the molecule is Cn1ccnc1-c1cncc(C[C@H]2CCCN(S(C)(=O)=O)C2)n1. The number of rotatable bonds is 4. The normalized spacial score (nSPS) is 19.8. The molecule has 2 aromatic heterocycles. The fourth-order valence-electron chi connectivity index (χ4n) is 3.02. The Morgan fingerprint density at radius 3 is 2.87 bits per heavy atom. The molecular weight excluding hydrogens is 314 g/mol. The topological polar surface area (TPSA) is 81.0 Å². The van der Waals surface area contributed by atoms with Gasteiger partial charge in [-0.05, 0) is 25.2 Å². The van der Waals surface area contributed by atoms with Crippen LogP contribution in [0.3, 0.4) is 0 Å². The van der Waals surface area contributed by atoms with Gasteiger partial charge in [-0.2, -0.15) is 0 Å². The van der Waals surface area contributed by atoms with Crippen LogP contribution in [0.1, 0.15) is 18.5 Å². The molecule has 1 atom stereocenters. The van der Waals surface area contributed by atoms with Gasteiger partial charge in [-0.1, -0.05) is 0 Å². The Morgan fingerprint density at radius 2 is 2.17 bits per heavy atom. The van der Waals surface area contributed by atoms with E-state index in [0.717, 1.165) is 36.5 Å². The quantitative estimate of drug-likeness (QED) is 0.835. The second-order valence-electron chi connectivity index (χ2n) is 6.09. The van der Waals surface area contributed by atoms with E-state index in [1.165, 1.54) is 6.26 Å². The van der Waals surface area contributed by atoms with Crippen molar-refractivity contribution in [2.24, 2.45) is 13.0 Å². The molecule has 0 spiro atoms. The van der Waals surface area contributed by atoms with Crippen LogP contribution in [0.2, 0.25) is 0 Å². The Kier molecular flexibility index (Phi) is 4.45. The molecule has 0 N–H and O–H groups in total. The molecule has 1 aliphatic heterocycles. The van der Waals surface area contributed by atoms with Crippen LogP contribution in [0.4, 0.5) is 0 Å². The van der Waals surface area contributed by atoms with Gasteiger partial charge < -0.3 is 4.57 Å². The highest BCUT2D eigenvalue weighted by atomic mass is 32.2. The van der Waals surface area contributed by atoms with Crippen LogP contribution >= 0.6 is 0 Å². The summed E-state index contributed by atoms with van der Waals surface area (Å²) in [5.74, 6) is 1.06. The lowest BCUT2D eigenvalue weighted by Crippen LogP contribution is -2.39. The monoisotopic (exact) mass is 335 g/mol. The van der Waals surface area contributed by atoms with E-state index in [0.29, 0.717) is 13.1 Å². The average molecular weight is 335 g/mol. The minimum absolute atomic E-state index is 0.282. The number of piperidine rings is 1. The predicted octanol–water partition coefficient (Wildman–Crippen LogP) is 1.09. The van der Waals surface area contributed by atoms with E-state index in [1.807, 2.05) is 17.8 Å². The first kappa shape index (κ1) is 16.1. The van der Waals surface area contributed by atoms with Gasteiger partial charge in [-0.25, -0.2) is 22.7 Å². The van der Waals surface area contributed by atoms with E-state index in [1.54, 1.807) is 22.9 Å². The summed E-state index contributed by atoms with van der Waals surface area (Å²) in [6.07, 6.45) is 11.0. The molecule has 0 aliphatic carbocycles. The van der Waals surface area contributed by atoms with Crippen molar-refractivity contribution < 1.29 is 8.42 Å². The molecule has 8 heteroatoms. The summed E-state index contributed by atoms with van der Waals surface area (Å²) in [6.45, 7) is 1.18. The van der Waals surface area contributed by atoms with Gasteiger partial charge in [0.1, 0.15) is 5.69 Å². The summed E-state index contributed by atoms with van der Waals surface area (Å²) < 4.78 is 26.9. The predicted molar refractivity (Wildman–Crippen MR) is 87.1 cm³/mol. The molecule has 0 aromatic carbocycles. The number of imidazole rings is 1. The van der Waals surface area contributed by atoms with Crippen molar-refractivity contribution >= 4 is 10.0 Å². The van der Waals surface area contributed by atoms with Crippen LogP contribution in [-0.2, 0) is 23.5 Å². The van der Waals surface area contributed by atoms with Crippen molar-refractivity contribution in [1.82, 2.24) is 23.8 Å². The average Bonchev–Trinajstić information content (AvgIpc) is 2.93. The van der Waals surface area contributed by atoms with E-state index in [2.05, 4.69) is 15.0 Å². The lowest BCUT2D eigenvalue weighted by Gasteiger charge is -2.30. The molecule has 124 valence electrons. The molecule has 0 bridgehead atoms. The minimum atomic E-state index is -3.12. The van der Waals surface area contributed by atoms with Crippen molar-refractivity contribution in [3.05, 3.63) is 30.5 Å². The second kappa shape index (κ2) is 6.37. The molecule has 3 rings (SSSR count). The molecule has 0 radical (unpaired) electrons. The van der Waals surface area contributed by atoms with E-state index in [9.17, 15) is 8.42 Å². The van der Waals surface area contributed by atoms with Crippen molar-refractivity contribution in [2.45, 2.75) is 19.3 Å². The third kappa shape index (κ3) is 3.76. The van der Waals surface area contributed by atoms with Gasteiger partial charge in [-0.15, -0.1) is 0 Å². The van der Waals surface area contributed by atoms with Gasteiger partial charge in [0.15, 0.2) is 5.82 Å². The van der Waals surface area contributed by atoms with Crippen LogP contribution < -0.4 is 0 Å². The van der Waals surface area contributed by atoms with Crippen molar-refractivity contribution in [3.63, 3.8) is 0 Å². The number of hydrogen-bond acceptors (Lipinski definition) is 5. The lowest BCUT2D eigenvalue weighted by atomic mass is 9.95. The zero-order valence-electron chi connectivity index (χ0n) is 13.4. The summed E-state index contributed by atoms with van der Waals surface area (Å²) in [5, 5.41) is 0. The summed E-state index contributed by atoms with van der Waals surface area (Å²) in [4.78, 5) is 13.2. The molecular formula is C15H21N5O2S. The number of aryl methyl sites for hydroxylation is 1. The molecule has 3 heterocycles. The van der Waals surface area contributed by atoms with Gasteiger partial charge >= 0.3 is 0 Å². The second-order valence-corrected chi connectivity index (χ2v) is 8.07. The Balaban J connectivity index is 1.75. The zero-order valence-corrected chi connectivity index (χ0v) is 14.2. The first-order valence-corrected chi connectivity index (χ1v) is 9.52. The maximum Gasteiger partial charge on any atom is 0.211 e. The number of sulfonamides is 1. The maximum absolute atomic E-state index is 11.7. The first-order valence-electron chi connectivity index (χ1n) is 7.67. The van der Waals surface area contributed by atoms with Gasteiger partial charge in [-0.3, -0.25) is 4.98 Å². The van der Waals surface area contributed by atoms with Gasteiger partial charge in [0.25, 0.3) is 0 Å². The van der Waals surface area contributed by atoms with Crippen LogP contribution in [-0.4, -0.2) is 51.6 Å². The van der Waals surface area contributed by atoms with Crippen molar-refractivity contribution in [3.8, 4) is 11.5 Å². The molecule has 7 nitrogen and oxygen atoms in total. The fourth-order valence-corrected chi connectivity index (χ4v) is 3.96. The van der Waals surface area contributed by atoms with E-state index >= 15 is 0 Å². The Hall–Kier alpha value is -1.80. The Morgan fingerprint density at radius 1 is 1.35 bits per heavy atom. The van der Waals surface area contributed by atoms with Gasteiger partial charge in [0.2, 0.25) is 10.0 Å². The number of hydrogen-bond donors (Lipinski definition) is 0. The Labute approximate surface area is 136 Å². The molecule has 0 amide bonds. The smallest absolute Gasteiger partial charge is 0.211 e. The summed E-state index contributed by atoms with van der Waals surface area (Å²) >= 11 is 0. The molecule has 0 saturated carbocycles. The fraction of sp³-hybridized carbons (Fsp3) is 0.533. The van der Waals surface area contributed by atoms with E-state index in [-0.39, 0.29) is 5.92 Å². The zero-order chi connectivity index (χ0) is 16.4. The van der Waals surface area contributed by atoms with E-state index in [4.69, 9.17) is 0 Å². The van der Waals surface area contributed by atoms with Crippen molar-refractivity contribution in [2.75, 3.05) is 19.3 Å². The van der Waals surface area contributed by atoms with Crippen molar-refractivity contribution in [1.29, 1.82) is 0 Å². The van der Waals surface area contributed by atoms with Gasteiger partial charge in [0, 0.05) is 38.7 Å². The minimum Gasteiger partial charge on any atom is -0.333 e. The summed E-state index contributed by atoms with van der Waals surface area (Å²) in [5.41, 5.74) is 1.62. The molecule has 2 aromatic rings. The number of nitrogens with zero attached hydrogens (tertiary/aromatic N) is 5. The van der Waals surface area contributed by atoms with Crippen LogP contribution in [0.15, 0.2) is 24.8 Å². The van der Waals surface area contributed by atoms with Crippen LogP contribution in [0.5, 0.6) is 0 Å². The Bertz CT molecular complexity index is 787. The highest BCUT2D eigenvalue weighted by Gasteiger charge is 2.26. The third-order valence-electron chi connectivity index (χ3n) is 4.18. The van der Waals surface area contributed by atoms with Gasteiger partial charge in [0.05, 0.1) is 18.1 Å². The lowest BCUT2D eigenvalue weighted by molar-refractivity contribution is 0.265. The number of aromatic nitrogens is 4. The highest BCUT2D eigenvalue weighted by molar-refractivity contribution is 7.88.